The molecule has 1 amide bonds. The van der Waals surface area contributed by atoms with Gasteiger partial charge in [0, 0.05) is 31.6 Å². The number of likely N-dealkylation sites (N-methyl/N-ethyl adjacent to an activating group) is 1. The number of anilines is 1. The number of aromatic amines is 1. The van der Waals surface area contributed by atoms with Crippen LogP contribution in [0.15, 0.2) is 60.8 Å². The van der Waals surface area contributed by atoms with Crippen LogP contribution >= 0.6 is 0 Å². The predicted molar refractivity (Wildman–Crippen MR) is 118 cm³/mol. The summed E-state index contributed by atoms with van der Waals surface area (Å²) >= 11 is 0. The van der Waals surface area contributed by atoms with Gasteiger partial charge in [-0.15, -0.1) is 0 Å². The number of benzene rings is 2. The summed E-state index contributed by atoms with van der Waals surface area (Å²) in [5.41, 5.74) is 1.60. The maximum atomic E-state index is 10.2. The average Bonchev–Trinajstić information content (AvgIpc) is 3.44. The molecule has 1 atom stereocenters. The van der Waals surface area contributed by atoms with Gasteiger partial charge in [-0.2, -0.15) is 5.10 Å². The summed E-state index contributed by atoms with van der Waals surface area (Å²) in [7, 11) is 3.79. The zero-order valence-electron chi connectivity index (χ0n) is 17.2. The topological polar surface area (TPSA) is 82.3 Å². The van der Waals surface area contributed by atoms with E-state index < -0.39 is 0 Å². The molecule has 2 aromatic carbocycles. The number of para-hydroxylation sites is 1. The third-order valence-corrected chi connectivity index (χ3v) is 4.65. The van der Waals surface area contributed by atoms with Crippen LogP contribution in [0.2, 0.25) is 0 Å². The quantitative estimate of drug-likeness (QED) is 0.557. The fourth-order valence-electron chi connectivity index (χ4n) is 3.03. The molecule has 156 valence electrons. The number of ether oxygens (including phenoxy) is 1. The van der Waals surface area contributed by atoms with E-state index in [1.807, 2.05) is 61.6 Å². The Balaban J connectivity index is 0.000000164. The molecule has 7 heteroatoms. The molecule has 1 saturated heterocycles. The summed E-state index contributed by atoms with van der Waals surface area (Å²) in [5.74, 6) is 0. The van der Waals surface area contributed by atoms with Crippen molar-refractivity contribution in [1.29, 1.82) is 0 Å². The summed E-state index contributed by atoms with van der Waals surface area (Å²) < 4.78 is 5.01. The summed E-state index contributed by atoms with van der Waals surface area (Å²) in [6, 6.07) is 18.3. The smallest absolute Gasteiger partial charge is 0.211 e. The molecule has 0 spiro atoms. The van der Waals surface area contributed by atoms with Gasteiger partial charge in [0.1, 0.15) is 0 Å². The van der Waals surface area contributed by atoms with E-state index in [-0.39, 0.29) is 0 Å². The van der Waals surface area contributed by atoms with Crippen molar-refractivity contribution >= 4 is 23.0 Å². The summed E-state index contributed by atoms with van der Waals surface area (Å²) in [4.78, 5) is 12.6. The first-order chi connectivity index (χ1) is 14.3. The van der Waals surface area contributed by atoms with E-state index in [2.05, 4.69) is 25.7 Å². The zero-order valence-corrected chi connectivity index (χ0v) is 17.2. The lowest BCUT2D eigenvalue weighted by atomic mass is 10.2. The molecule has 1 aliphatic heterocycles. The number of carbonyl (C=O) groups excluding carboxylic acids is 1. The number of methoxy groups -OCH3 is 1. The summed E-state index contributed by atoms with van der Waals surface area (Å²) in [5, 5.41) is 13.5. The van der Waals surface area contributed by atoms with Crippen LogP contribution in [0.3, 0.4) is 0 Å². The SMILES string of the molecule is CNC1CCN(CCOC)C1.O=CNc1cccc2cn[nH]c12.c1ccccc1. The van der Waals surface area contributed by atoms with E-state index >= 15 is 0 Å². The maximum Gasteiger partial charge on any atom is 0.211 e. The summed E-state index contributed by atoms with van der Waals surface area (Å²) in [6.07, 6.45) is 3.64. The van der Waals surface area contributed by atoms with E-state index in [9.17, 15) is 4.79 Å². The molecule has 0 aliphatic carbocycles. The third-order valence-electron chi connectivity index (χ3n) is 4.65. The number of aromatic nitrogens is 2. The second-order valence-electron chi connectivity index (χ2n) is 6.62. The van der Waals surface area contributed by atoms with Crippen LogP contribution < -0.4 is 10.6 Å². The Bertz CT molecular complexity index is 782. The number of nitrogens with zero attached hydrogens (tertiary/aromatic N) is 2. The molecular weight excluding hydrogens is 366 g/mol. The van der Waals surface area contributed by atoms with Crippen LogP contribution in [0, 0.1) is 0 Å². The molecule has 7 nitrogen and oxygen atoms in total. The Morgan fingerprint density at radius 3 is 2.52 bits per heavy atom. The van der Waals surface area contributed by atoms with Crippen LogP contribution in [-0.4, -0.2) is 67.9 Å². The van der Waals surface area contributed by atoms with E-state index in [1.165, 1.54) is 19.5 Å². The Labute approximate surface area is 172 Å². The molecule has 29 heavy (non-hydrogen) atoms. The summed E-state index contributed by atoms with van der Waals surface area (Å²) in [6.45, 7) is 4.33. The minimum absolute atomic E-state index is 0.648. The number of amides is 1. The normalized spacial score (nSPS) is 15.7. The first-order valence-corrected chi connectivity index (χ1v) is 9.79. The van der Waals surface area contributed by atoms with Crippen LogP contribution in [0.4, 0.5) is 5.69 Å². The molecule has 4 rings (SSSR count). The van der Waals surface area contributed by atoms with Crippen LogP contribution in [0.1, 0.15) is 6.42 Å². The molecular formula is C22H31N5O2. The molecule has 3 N–H and O–H groups in total. The minimum atomic E-state index is 0.648. The highest BCUT2D eigenvalue weighted by Crippen LogP contribution is 2.19. The van der Waals surface area contributed by atoms with Gasteiger partial charge in [0.05, 0.1) is 24.0 Å². The van der Waals surface area contributed by atoms with Gasteiger partial charge in [-0.25, -0.2) is 0 Å². The van der Waals surface area contributed by atoms with Gasteiger partial charge in [0.25, 0.3) is 0 Å². The van der Waals surface area contributed by atoms with E-state index in [0.717, 1.165) is 29.7 Å². The van der Waals surface area contributed by atoms with E-state index in [1.54, 1.807) is 13.3 Å². The van der Waals surface area contributed by atoms with Crippen molar-refractivity contribution in [3.05, 3.63) is 60.8 Å². The van der Waals surface area contributed by atoms with Crippen LogP contribution in [0.5, 0.6) is 0 Å². The van der Waals surface area contributed by atoms with Crippen molar-refractivity contribution in [1.82, 2.24) is 20.4 Å². The molecule has 0 radical (unpaired) electrons. The van der Waals surface area contributed by atoms with Gasteiger partial charge >= 0.3 is 0 Å². The second-order valence-corrected chi connectivity index (χ2v) is 6.62. The first kappa shape index (κ1) is 22.5. The van der Waals surface area contributed by atoms with Gasteiger partial charge in [0.15, 0.2) is 0 Å². The largest absolute Gasteiger partial charge is 0.383 e. The Hall–Kier alpha value is -2.74. The standard InChI is InChI=1S/C8H7N3O.C8H18N2O.C6H6/c12-5-9-7-3-1-2-6-4-10-11-8(6)7;1-9-8-3-4-10(7-8)5-6-11-2;1-2-4-6-5-3-1/h1-5H,(H,9,12)(H,10,11);8-9H,3-7H2,1-2H3;1-6H. The monoisotopic (exact) mass is 397 g/mol. The average molecular weight is 398 g/mol. The number of hydrogen-bond acceptors (Lipinski definition) is 5. The van der Waals surface area contributed by atoms with Crippen molar-refractivity contribution in [3.63, 3.8) is 0 Å². The Morgan fingerprint density at radius 1 is 1.21 bits per heavy atom. The van der Waals surface area contributed by atoms with Crippen molar-refractivity contribution in [2.75, 3.05) is 45.7 Å². The molecule has 3 aromatic rings. The molecule has 2 heterocycles. The lowest BCUT2D eigenvalue weighted by Crippen LogP contribution is -2.31. The molecule has 1 aromatic heterocycles. The molecule has 1 fully saturated rings. The Kier molecular flexibility index (Phi) is 10.4. The lowest BCUT2D eigenvalue weighted by Gasteiger charge is -2.14. The maximum absolute atomic E-state index is 10.2. The highest BCUT2D eigenvalue weighted by Gasteiger charge is 2.19. The van der Waals surface area contributed by atoms with Crippen molar-refractivity contribution in [2.24, 2.45) is 0 Å². The van der Waals surface area contributed by atoms with Crippen molar-refractivity contribution in [3.8, 4) is 0 Å². The van der Waals surface area contributed by atoms with Gasteiger partial charge in [-0.05, 0) is 26.1 Å². The number of nitrogens with one attached hydrogen (secondary N) is 3. The fourth-order valence-corrected chi connectivity index (χ4v) is 3.03. The molecule has 0 bridgehead atoms. The van der Waals surface area contributed by atoms with Gasteiger partial charge in [-0.3, -0.25) is 14.8 Å². The number of likely N-dealkylation sites (tertiary alicyclic amines) is 1. The van der Waals surface area contributed by atoms with E-state index in [0.29, 0.717) is 12.5 Å². The van der Waals surface area contributed by atoms with Crippen molar-refractivity contribution < 1.29 is 9.53 Å². The second kappa shape index (κ2) is 13.4. The third kappa shape index (κ3) is 8.03. The number of fused-ring (bicyclic) bond motifs is 1. The molecule has 1 aliphatic rings. The number of rotatable bonds is 6. The molecule has 0 saturated carbocycles. The highest BCUT2D eigenvalue weighted by atomic mass is 16.5. The van der Waals surface area contributed by atoms with Crippen LogP contribution in [0.25, 0.3) is 10.9 Å². The molecule has 1 unspecified atom stereocenters. The Morgan fingerprint density at radius 2 is 1.93 bits per heavy atom. The van der Waals surface area contributed by atoms with Gasteiger partial charge in [0.2, 0.25) is 6.41 Å². The van der Waals surface area contributed by atoms with Gasteiger partial charge in [-0.1, -0.05) is 48.5 Å². The van der Waals surface area contributed by atoms with E-state index in [4.69, 9.17) is 4.74 Å². The number of H-pyrrole nitrogens is 1. The fraction of sp³-hybridized carbons (Fsp3) is 0.364. The lowest BCUT2D eigenvalue weighted by molar-refractivity contribution is -0.105. The first-order valence-electron chi connectivity index (χ1n) is 9.79. The van der Waals surface area contributed by atoms with Crippen molar-refractivity contribution in [2.45, 2.75) is 12.5 Å². The number of hydrogen-bond donors (Lipinski definition) is 3. The highest BCUT2D eigenvalue weighted by molar-refractivity contribution is 5.93. The van der Waals surface area contributed by atoms with Gasteiger partial charge < -0.3 is 15.4 Å². The van der Waals surface area contributed by atoms with Crippen LogP contribution in [-0.2, 0) is 9.53 Å². The zero-order chi connectivity index (χ0) is 20.7. The minimum Gasteiger partial charge on any atom is -0.383 e. The number of carbonyl (C=O) groups is 1. The predicted octanol–water partition coefficient (Wildman–Crippen LogP) is 2.74.